The number of furan rings is 1. The molecule has 5 heteroatoms. The molecule has 1 saturated carbocycles. The van der Waals surface area contributed by atoms with Crippen LogP contribution >= 0.6 is 12.4 Å². The van der Waals surface area contributed by atoms with Crippen molar-refractivity contribution >= 4 is 18.3 Å². The van der Waals surface area contributed by atoms with E-state index in [1.165, 1.54) is 12.8 Å². The highest BCUT2D eigenvalue weighted by Gasteiger charge is 2.21. The van der Waals surface area contributed by atoms with E-state index >= 15 is 0 Å². The normalized spacial score (nSPS) is 14.1. The van der Waals surface area contributed by atoms with Gasteiger partial charge in [0, 0.05) is 7.05 Å². The minimum Gasteiger partial charge on any atom is -0.464 e. The van der Waals surface area contributed by atoms with E-state index in [1.54, 1.807) is 11.9 Å². The number of nitrogens with zero attached hydrogens (tertiary/aromatic N) is 1. The molecule has 1 aliphatic rings. The standard InChI is InChI=1S/C13H20N2O2.ClH/c1-10-3-6-12(17-10)9-15(2)13(16)8-14-7-11-4-5-11;/h3,6,11,14H,4-5,7-9H2,1-2H3;1H. The van der Waals surface area contributed by atoms with Gasteiger partial charge in [0.05, 0.1) is 13.1 Å². The van der Waals surface area contributed by atoms with Gasteiger partial charge in [0.25, 0.3) is 0 Å². The molecule has 2 rings (SSSR count). The molecule has 1 N–H and O–H groups in total. The second-order valence-electron chi connectivity index (χ2n) is 4.84. The van der Waals surface area contributed by atoms with Gasteiger partial charge in [0.2, 0.25) is 5.91 Å². The smallest absolute Gasteiger partial charge is 0.236 e. The molecule has 102 valence electrons. The number of likely N-dealkylation sites (N-methyl/N-ethyl adjacent to an activating group) is 1. The zero-order valence-corrected chi connectivity index (χ0v) is 11.8. The number of halogens is 1. The molecule has 1 aliphatic carbocycles. The van der Waals surface area contributed by atoms with Crippen LogP contribution < -0.4 is 5.32 Å². The fourth-order valence-corrected chi connectivity index (χ4v) is 1.73. The van der Waals surface area contributed by atoms with E-state index in [4.69, 9.17) is 4.42 Å². The monoisotopic (exact) mass is 272 g/mol. The van der Waals surface area contributed by atoms with Crippen LogP contribution in [0.5, 0.6) is 0 Å². The molecular weight excluding hydrogens is 252 g/mol. The van der Waals surface area contributed by atoms with E-state index in [0.29, 0.717) is 13.1 Å². The summed E-state index contributed by atoms with van der Waals surface area (Å²) >= 11 is 0. The molecule has 0 saturated heterocycles. The molecule has 0 aliphatic heterocycles. The van der Waals surface area contributed by atoms with E-state index in [0.717, 1.165) is 24.0 Å². The van der Waals surface area contributed by atoms with Gasteiger partial charge in [-0.3, -0.25) is 4.79 Å². The molecule has 0 unspecified atom stereocenters. The van der Waals surface area contributed by atoms with Crippen molar-refractivity contribution in [3.63, 3.8) is 0 Å². The number of aryl methyl sites for hydroxylation is 1. The van der Waals surface area contributed by atoms with Crippen molar-refractivity contribution in [3.8, 4) is 0 Å². The van der Waals surface area contributed by atoms with Crippen LogP contribution in [0.15, 0.2) is 16.5 Å². The number of carbonyl (C=O) groups excluding carboxylic acids is 1. The van der Waals surface area contributed by atoms with Crippen molar-refractivity contribution in [1.29, 1.82) is 0 Å². The van der Waals surface area contributed by atoms with Gasteiger partial charge in [-0.1, -0.05) is 0 Å². The Hall–Kier alpha value is -1.00. The Morgan fingerprint density at radius 2 is 2.22 bits per heavy atom. The summed E-state index contributed by atoms with van der Waals surface area (Å²) in [5, 5.41) is 3.20. The highest BCUT2D eigenvalue weighted by Crippen LogP contribution is 2.27. The predicted molar refractivity (Wildman–Crippen MR) is 72.8 cm³/mol. The van der Waals surface area contributed by atoms with E-state index in [9.17, 15) is 4.79 Å². The van der Waals surface area contributed by atoms with Gasteiger partial charge < -0.3 is 14.6 Å². The largest absolute Gasteiger partial charge is 0.464 e. The average Bonchev–Trinajstić information content (AvgIpc) is 3.02. The molecule has 0 aromatic carbocycles. The van der Waals surface area contributed by atoms with Crippen LogP contribution in [0.1, 0.15) is 24.4 Å². The third kappa shape index (κ3) is 4.70. The average molecular weight is 273 g/mol. The summed E-state index contributed by atoms with van der Waals surface area (Å²) in [7, 11) is 1.80. The maximum Gasteiger partial charge on any atom is 0.236 e. The molecule has 1 aromatic rings. The van der Waals surface area contributed by atoms with E-state index in [-0.39, 0.29) is 18.3 Å². The highest BCUT2D eigenvalue weighted by atomic mass is 35.5. The summed E-state index contributed by atoms with van der Waals surface area (Å²) in [6.07, 6.45) is 2.62. The lowest BCUT2D eigenvalue weighted by Gasteiger charge is -2.16. The summed E-state index contributed by atoms with van der Waals surface area (Å²) in [5.41, 5.74) is 0. The molecule has 1 aromatic heterocycles. The Balaban J connectivity index is 0.00000162. The second-order valence-corrected chi connectivity index (χ2v) is 4.84. The number of amides is 1. The van der Waals surface area contributed by atoms with Crippen molar-refractivity contribution in [2.75, 3.05) is 20.1 Å². The van der Waals surface area contributed by atoms with Crippen LogP contribution in [0.3, 0.4) is 0 Å². The molecule has 1 fully saturated rings. The highest BCUT2D eigenvalue weighted by molar-refractivity contribution is 5.85. The lowest BCUT2D eigenvalue weighted by molar-refractivity contribution is -0.129. The Labute approximate surface area is 114 Å². The van der Waals surface area contributed by atoms with Crippen LogP contribution in [0, 0.1) is 12.8 Å². The van der Waals surface area contributed by atoms with Crippen molar-refractivity contribution in [1.82, 2.24) is 10.2 Å². The van der Waals surface area contributed by atoms with Gasteiger partial charge in [-0.05, 0) is 44.4 Å². The number of carbonyl (C=O) groups is 1. The van der Waals surface area contributed by atoms with Gasteiger partial charge in [0.1, 0.15) is 11.5 Å². The van der Waals surface area contributed by atoms with Gasteiger partial charge in [-0.2, -0.15) is 0 Å². The summed E-state index contributed by atoms with van der Waals surface area (Å²) in [4.78, 5) is 13.5. The molecule has 1 amide bonds. The molecule has 4 nitrogen and oxygen atoms in total. The molecule has 0 spiro atoms. The Bertz CT molecular complexity index is 388. The fraction of sp³-hybridized carbons (Fsp3) is 0.615. The minimum atomic E-state index is 0. The maximum atomic E-state index is 11.8. The van der Waals surface area contributed by atoms with Crippen LogP contribution in [0.4, 0.5) is 0 Å². The Morgan fingerprint density at radius 3 is 2.78 bits per heavy atom. The van der Waals surface area contributed by atoms with Crippen LogP contribution in [-0.4, -0.2) is 30.9 Å². The fourth-order valence-electron chi connectivity index (χ4n) is 1.73. The van der Waals surface area contributed by atoms with E-state index in [1.807, 2.05) is 19.1 Å². The van der Waals surface area contributed by atoms with Crippen LogP contribution in [0.2, 0.25) is 0 Å². The molecule has 0 atom stereocenters. The van der Waals surface area contributed by atoms with Crippen LogP contribution in [0.25, 0.3) is 0 Å². The first-order chi connectivity index (χ1) is 8.15. The first-order valence-electron chi connectivity index (χ1n) is 6.15. The summed E-state index contributed by atoms with van der Waals surface area (Å²) in [6.45, 7) is 3.84. The van der Waals surface area contributed by atoms with Crippen molar-refractivity contribution < 1.29 is 9.21 Å². The van der Waals surface area contributed by atoms with Crippen molar-refractivity contribution in [3.05, 3.63) is 23.7 Å². The predicted octanol–water partition coefficient (Wildman–Crippen LogP) is 1.97. The van der Waals surface area contributed by atoms with Crippen molar-refractivity contribution in [2.24, 2.45) is 5.92 Å². The van der Waals surface area contributed by atoms with Gasteiger partial charge in [-0.15, -0.1) is 12.4 Å². The first-order valence-corrected chi connectivity index (χ1v) is 6.15. The van der Waals surface area contributed by atoms with Crippen LogP contribution in [-0.2, 0) is 11.3 Å². The quantitative estimate of drug-likeness (QED) is 0.861. The molecule has 1 heterocycles. The molecule has 0 bridgehead atoms. The zero-order valence-electron chi connectivity index (χ0n) is 10.9. The lowest BCUT2D eigenvalue weighted by Crippen LogP contribution is -2.35. The number of hydrogen-bond acceptors (Lipinski definition) is 3. The second kappa shape index (κ2) is 6.81. The molecular formula is C13H21ClN2O2. The van der Waals surface area contributed by atoms with Crippen molar-refractivity contribution in [2.45, 2.75) is 26.3 Å². The number of rotatable bonds is 6. The zero-order chi connectivity index (χ0) is 12.3. The Morgan fingerprint density at radius 1 is 1.50 bits per heavy atom. The van der Waals surface area contributed by atoms with E-state index < -0.39 is 0 Å². The lowest BCUT2D eigenvalue weighted by atomic mass is 10.4. The van der Waals surface area contributed by atoms with Gasteiger partial charge >= 0.3 is 0 Å². The van der Waals surface area contributed by atoms with Gasteiger partial charge in [0.15, 0.2) is 0 Å². The van der Waals surface area contributed by atoms with Gasteiger partial charge in [-0.25, -0.2) is 0 Å². The minimum absolute atomic E-state index is 0. The summed E-state index contributed by atoms with van der Waals surface area (Å²) in [6, 6.07) is 3.83. The van der Waals surface area contributed by atoms with E-state index in [2.05, 4.69) is 5.32 Å². The Kier molecular flexibility index (Phi) is 5.69. The number of nitrogens with one attached hydrogen (secondary N) is 1. The number of hydrogen-bond donors (Lipinski definition) is 1. The topological polar surface area (TPSA) is 45.5 Å². The molecule has 0 radical (unpaired) electrons. The molecule has 18 heavy (non-hydrogen) atoms. The third-order valence-corrected chi connectivity index (χ3v) is 3.02. The summed E-state index contributed by atoms with van der Waals surface area (Å²) in [5.74, 6) is 2.63. The SMILES string of the molecule is Cc1ccc(CN(C)C(=O)CNCC2CC2)o1.Cl. The first kappa shape index (κ1) is 15.1. The third-order valence-electron chi connectivity index (χ3n) is 3.02. The maximum absolute atomic E-state index is 11.8. The summed E-state index contributed by atoms with van der Waals surface area (Å²) < 4.78 is 5.44.